The Morgan fingerprint density at radius 2 is 1.50 bits per heavy atom. The smallest absolute Gasteiger partial charge is 0.273 e. The van der Waals surface area contributed by atoms with Crippen LogP contribution in [0.2, 0.25) is 0 Å². The molecular weight excluding hydrogens is 166 g/mol. The third-order valence-electron chi connectivity index (χ3n) is 0. The lowest BCUT2D eigenvalue weighted by atomic mass is 11.7. The Hall–Kier alpha value is 0.0600. The van der Waals surface area contributed by atoms with E-state index in [4.69, 9.17) is 13.0 Å². The number of hydrogen-bond donors (Lipinski definition) is 1. The molecule has 0 rings (SSSR count). The van der Waals surface area contributed by atoms with Crippen LogP contribution < -0.4 is 0 Å². The highest BCUT2D eigenvalue weighted by Crippen LogP contribution is 1.82. The Morgan fingerprint density at radius 1 is 1.50 bits per heavy atom. The van der Waals surface area contributed by atoms with Crippen molar-refractivity contribution in [2.45, 2.75) is 0 Å². The van der Waals surface area contributed by atoms with Crippen molar-refractivity contribution in [1.29, 1.82) is 0 Å². The molecule has 0 aliphatic carbocycles. The summed E-state index contributed by atoms with van der Waals surface area (Å²) in [5.74, 6) is 0. The highest BCUT2D eigenvalue weighted by atomic mass is 35.7. The molecule has 0 aliphatic heterocycles. The molecule has 0 aromatic rings. The van der Waals surface area contributed by atoms with Gasteiger partial charge in [-0.1, -0.05) is 0 Å². The van der Waals surface area contributed by atoms with Gasteiger partial charge in [0.05, 0.1) is 0 Å². The molecule has 0 aliphatic rings. The molecule has 0 atom stereocenters. The predicted molar refractivity (Wildman–Crippen MR) is 24.5 cm³/mol. The first-order valence-electron chi connectivity index (χ1n) is 1.20. The Bertz CT molecular complexity index is 111. The molecule has 0 saturated carbocycles. The molecule has 0 aromatic heterocycles. The molecular formula is CH3ClF2O3S. The third-order valence-corrected chi connectivity index (χ3v) is 0. The second-order valence-corrected chi connectivity index (χ2v) is 2.51. The summed E-state index contributed by atoms with van der Waals surface area (Å²) in [7, 11) is -0.137. The molecule has 3 nitrogen and oxygen atoms in total. The monoisotopic (exact) mass is 168 g/mol. The highest BCUT2D eigenvalue weighted by Gasteiger charge is 1.86. The number of halogens is 3. The van der Waals surface area contributed by atoms with Crippen LogP contribution in [0.3, 0.4) is 0 Å². The van der Waals surface area contributed by atoms with E-state index in [1.165, 1.54) is 0 Å². The van der Waals surface area contributed by atoms with Crippen LogP contribution in [0.1, 0.15) is 0 Å². The summed E-state index contributed by atoms with van der Waals surface area (Å²) in [6.45, 7) is -1.75. The van der Waals surface area contributed by atoms with Crippen LogP contribution in [0.25, 0.3) is 0 Å². The molecule has 0 fully saturated rings. The van der Waals surface area contributed by atoms with Crippen LogP contribution in [0.5, 0.6) is 0 Å². The molecule has 0 aromatic carbocycles. The molecule has 0 heterocycles. The largest absolute Gasteiger partial charge is 0.353 e. The van der Waals surface area contributed by atoms with Gasteiger partial charge in [0, 0.05) is 10.7 Å². The van der Waals surface area contributed by atoms with E-state index >= 15 is 0 Å². The van der Waals surface area contributed by atoms with Gasteiger partial charge in [0.15, 0.2) is 0 Å². The third kappa shape index (κ3) is 43100. The topological polar surface area (TPSA) is 54.4 Å². The van der Waals surface area contributed by atoms with Crippen molar-refractivity contribution in [2.24, 2.45) is 0 Å². The molecule has 7 heteroatoms. The Kier molecular flexibility index (Phi) is 7.11. The summed E-state index contributed by atoms with van der Waals surface area (Å²) in [5, 5.41) is 0. The molecule has 0 radical (unpaired) electrons. The maximum absolute atomic E-state index is 9.62. The molecule has 1 N–H and O–H groups in total. The minimum Gasteiger partial charge on any atom is -0.273 e. The summed E-state index contributed by atoms with van der Waals surface area (Å²) in [4.78, 5) is 0. The Morgan fingerprint density at radius 3 is 1.50 bits per heavy atom. The summed E-state index contributed by atoms with van der Waals surface area (Å²) >= 11 is 0. The quantitative estimate of drug-likeness (QED) is 0.432. The Labute approximate surface area is 49.5 Å². The summed E-state index contributed by atoms with van der Waals surface area (Å²) in [6, 6.07) is 0. The number of rotatable bonds is 0. The second-order valence-electron chi connectivity index (χ2n) is 0.513. The van der Waals surface area contributed by atoms with E-state index in [0.717, 1.165) is 0 Å². The van der Waals surface area contributed by atoms with Gasteiger partial charge in [0.1, 0.15) is 0 Å². The Balaban J connectivity index is 0. The summed E-state index contributed by atoms with van der Waals surface area (Å²) < 4.78 is 44.4. The van der Waals surface area contributed by atoms with Gasteiger partial charge in [0.2, 0.25) is 6.93 Å². The zero-order chi connectivity index (χ0) is 7.21. The van der Waals surface area contributed by atoms with Crippen molar-refractivity contribution in [3.63, 3.8) is 0 Å². The minimum absolute atomic E-state index is 1.75. The normalized spacial score (nSPS) is 9.50. The van der Waals surface area contributed by atoms with E-state index in [1.807, 2.05) is 0 Å². The van der Waals surface area contributed by atoms with Gasteiger partial charge in [-0.2, -0.15) is 8.42 Å². The van der Waals surface area contributed by atoms with Gasteiger partial charge in [-0.05, 0) is 0 Å². The molecule has 8 heavy (non-hydrogen) atoms. The van der Waals surface area contributed by atoms with Crippen LogP contribution in [0, 0.1) is 0 Å². The standard InChI is InChI=1S/CH2F2.ClHO3S/c2-1-3;1-5(2,3)4/h1H2;(H,2,3,4). The number of alkyl halides is 2. The van der Waals surface area contributed by atoms with E-state index < -0.39 is 16.3 Å². The van der Waals surface area contributed by atoms with Crippen LogP contribution in [0.15, 0.2) is 0 Å². The van der Waals surface area contributed by atoms with Gasteiger partial charge in [-0.15, -0.1) is 0 Å². The van der Waals surface area contributed by atoms with Crippen molar-refractivity contribution in [2.75, 3.05) is 6.93 Å². The summed E-state index contributed by atoms with van der Waals surface area (Å²) in [6.07, 6.45) is 0. The van der Waals surface area contributed by atoms with E-state index in [1.54, 1.807) is 0 Å². The SMILES string of the molecule is FCF.O=S(=O)(O)Cl. The van der Waals surface area contributed by atoms with Crippen LogP contribution in [-0.2, 0) is 9.33 Å². The maximum atomic E-state index is 9.62. The van der Waals surface area contributed by atoms with Gasteiger partial charge < -0.3 is 0 Å². The average molecular weight is 169 g/mol. The molecule has 0 bridgehead atoms. The molecule has 0 amide bonds. The van der Waals surface area contributed by atoms with E-state index in [9.17, 15) is 8.78 Å². The predicted octanol–water partition coefficient (Wildman–Crippen LogP) is 0.911. The lowest BCUT2D eigenvalue weighted by Gasteiger charge is -1.65. The zero-order valence-electron chi connectivity index (χ0n) is 3.51. The molecule has 0 saturated heterocycles. The molecule has 52 valence electrons. The highest BCUT2D eigenvalue weighted by molar-refractivity contribution is 8.09. The molecule has 0 spiro atoms. The fourth-order valence-corrected chi connectivity index (χ4v) is 0. The van der Waals surface area contributed by atoms with Crippen LogP contribution >= 0.6 is 10.7 Å². The van der Waals surface area contributed by atoms with Gasteiger partial charge >= 0.3 is 9.33 Å². The van der Waals surface area contributed by atoms with Crippen LogP contribution in [-0.4, -0.2) is 19.9 Å². The lowest BCUT2D eigenvalue weighted by Crippen LogP contribution is -1.77. The maximum Gasteiger partial charge on any atom is 0.353 e. The van der Waals surface area contributed by atoms with E-state index in [2.05, 4.69) is 10.7 Å². The minimum atomic E-state index is -4.19. The molecule has 0 unspecified atom stereocenters. The number of hydrogen-bond acceptors (Lipinski definition) is 2. The van der Waals surface area contributed by atoms with E-state index in [-0.39, 0.29) is 0 Å². The fourth-order valence-electron chi connectivity index (χ4n) is 0. The first-order valence-corrected chi connectivity index (χ1v) is 3.47. The van der Waals surface area contributed by atoms with Crippen molar-refractivity contribution >= 4 is 20.0 Å². The van der Waals surface area contributed by atoms with E-state index in [0.29, 0.717) is 0 Å². The second kappa shape index (κ2) is 5.20. The fraction of sp³-hybridized carbons (Fsp3) is 1.00. The van der Waals surface area contributed by atoms with Gasteiger partial charge in [-0.3, -0.25) is 4.55 Å². The van der Waals surface area contributed by atoms with Crippen molar-refractivity contribution in [3.05, 3.63) is 0 Å². The van der Waals surface area contributed by atoms with Crippen molar-refractivity contribution in [3.8, 4) is 0 Å². The van der Waals surface area contributed by atoms with Gasteiger partial charge in [-0.25, -0.2) is 8.78 Å². The summed E-state index contributed by atoms with van der Waals surface area (Å²) in [5.41, 5.74) is 0. The lowest BCUT2D eigenvalue weighted by molar-refractivity contribution is 0.295. The van der Waals surface area contributed by atoms with Gasteiger partial charge in [0.25, 0.3) is 0 Å². The zero-order valence-corrected chi connectivity index (χ0v) is 5.09. The van der Waals surface area contributed by atoms with Crippen molar-refractivity contribution < 1.29 is 21.8 Å². The van der Waals surface area contributed by atoms with Crippen molar-refractivity contribution in [1.82, 2.24) is 0 Å². The van der Waals surface area contributed by atoms with Crippen LogP contribution in [0.4, 0.5) is 8.78 Å². The first-order chi connectivity index (χ1) is 3.41. The first kappa shape index (κ1) is 10.9. The average Bonchev–Trinajstić information content (AvgIpc) is 1.27.